The Kier molecular flexibility index (Phi) is 4.02. The maximum absolute atomic E-state index is 6.38. The molecule has 0 unspecified atom stereocenters. The lowest BCUT2D eigenvalue weighted by molar-refractivity contribution is 1.13. The van der Waals surface area contributed by atoms with Crippen LogP contribution >= 0.6 is 68.5 Å². The van der Waals surface area contributed by atoms with Crippen molar-refractivity contribution in [3.8, 4) is 0 Å². The molecule has 0 spiro atoms. The van der Waals surface area contributed by atoms with Gasteiger partial charge in [-0.25, -0.2) is 0 Å². The smallest absolute Gasteiger partial charge is 0.0839 e. The summed E-state index contributed by atoms with van der Waals surface area (Å²) in [5.41, 5.74) is 2.87. The van der Waals surface area contributed by atoms with Gasteiger partial charge in [-0.15, -0.1) is 22.7 Å². The number of rotatable bonds is 2. The first-order chi connectivity index (χ1) is 10.6. The number of hydrogen-bond acceptors (Lipinski definition) is 4. The van der Waals surface area contributed by atoms with Crippen molar-refractivity contribution in [2.24, 2.45) is 0 Å². The molecule has 4 aromatic rings. The highest BCUT2D eigenvalue weighted by Gasteiger charge is 2.11. The third-order valence-electron chi connectivity index (χ3n) is 3.23. The number of aromatic nitrogens is 2. The standard InChI is InChI=1S/C15H7Cl2IN2S2/c16-9-1-2-19-11-5-8(21-14(9)11)3-7-4-10(17)15-12(20-7)6-13(18)22-15/h1-2,4-6H,3H2. The SMILES string of the molecule is Clc1cc(Cc2cc3nccc(Cl)c3s2)nc2cc(I)sc12. The van der Waals surface area contributed by atoms with Crippen molar-refractivity contribution in [1.82, 2.24) is 9.97 Å². The summed E-state index contributed by atoms with van der Waals surface area (Å²) in [7, 11) is 0. The number of hydrogen-bond donors (Lipinski definition) is 0. The van der Waals surface area contributed by atoms with Gasteiger partial charge in [0.15, 0.2) is 0 Å². The zero-order valence-corrected chi connectivity index (χ0v) is 16.2. The fourth-order valence-electron chi connectivity index (χ4n) is 2.32. The number of fused-ring (bicyclic) bond motifs is 2. The highest BCUT2D eigenvalue weighted by Crippen LogP contribution is 2.34. The van der Waals surface area contributed by atoms with Gasteiger partial charge >= 0.3 is 0 Å². The molecule has 2 nitrogen and oxygen atoms in total. The number of halogens is 3. The van der Waals surface area contributed by atoms with E-state index in [2.05, 4.69) is 39.7 Å². The molecule has 0 aliphatic heterocycles. The maximum atomic E-state index is 6.38. The second-order valence-electron chi connectivity index (χ2n) is 4.76. The van der Waals surface area contributed by atoms with Gasteiger partial charge in [-0.2, -0.15) is 0 Å². The van der Waals surface area contributed by atoms with E-state index in [1.165, 1.54) is 7.76 Å². The third-order valence-corrected chi connectivity index (χ3v) is 7.14. The molecule has 0 amide bonds. The molecule has 0 bridgehead atoms. The van der Waals surface area contributed by atoms with Crippen molar-refractivity contribution >= 4 is 88.9 Å². The zero-order valence-electron chi connectivity index (χ0n) is 10.9. The molecule has 0 saturated heterocycles. The number of nitrogens with zero attached hydrogens (tertiary/aromatic N) is 2. The van der Waals surface area contributed by atoms with Crippen molar-refractivity contribution in [2.75, 3.05) is 0 Å². The van der Waals surface area contributed by atoms with Crippen LogP contribution in [0.25, 0.3) is 20.4 Å². The quantitative estimate of drug-likeness (QED) is 0.312. The van der Waals surface area contributed by atoms with Crippen molar-refractivity contribution in [3.63, 3.8) is 0 Å². The van der Waals surface area contributed by atoms with Crippen LogP contribution in [0.15, 0.2) is 30.5 Å². The Balaban J connectivity index is 1.76. The Bertz CT molecular complexity index is 1010. The number of pyridine rings is 2. The first-order valence-electron chi connectivity index (χ1n) is 6.37. The molecule has 22 heavy (non-hydrogen) atoms. The monoisotopic (exact) mass is 476 g/mol. The van der Waals surface area contributed by atoms with Gasteiger partial charge in [-0.3, -0.25) is 9.97 Å². The molecule has 4 rings (SSSR count). The Labute approximate surface area is 158 Å². The molecule has 4 aromatic heterocycles. The second kappa shape index (κ2) is 5.87. The van der Waals surface area contributed by atoms with Crippen LogP contribution < -0.4 is 0 Å². The van der Waals surface area contributed by atoms with E-state index >= 15 is 0 Å². The Hall–Kier alpha value is -0.470. The number of thiophene rings is 2. The summed E-state index contributed by atoms with van der Waals surface area (Å²) in [5.74, 6) is 0. The van der Waals surface area contributed by atoms with Crippen LogP contribution in [0, 0.1) is 2.88 Å². The molecule has 0 fully saturated rings. The summed E-state index contributed by atoms with van der Waals surface area (Å²) in [4.78, 5) is 10.3. The summed E-state index contributed by atoms with van der Waals surface area (Å²) in [5, 5.41) is 1.51. The summed E-state index contributed by atoms with van der Waals surface area (Å²) in [6.07, 6.45) is 2.47. The predicted molar refractivity (Wildman–Crippen MR) is 105 cm³/mol. The van der Waals surface area contributed by atoms with E-state index in [9.17, 15) is 0 Å². The van der Waals surface area contributed by atoms with Gasteiger partial charge in [-0.1, -0.05) is 23.2 Å². The van der Waals surface area contributed by atoms with E-state index in [1.54, 1.807) is 28.9 Å². The molecule has 0 saturated carbocycles. The van der Waals surface area contributed by atoms with Gasteiger partial charge in [0.1, 0.15) is 0 Å². The van der Waals surface area contributed by atoms with Crippen LogP contribution in [0.4, 0.5) is 0 Å². The van der Waals surface area contributed by atoms with E-state index in [0.29, 0.717) is 0 Å². The second-order valence-corrected chi connectivity index (χ2v) is 9.65. The van der Waals surface area contributed by atoms with Crippen LogP contribution in [0.1, 0.15) is 10.6 Å². The Morgan fingerprint density at radius 3 is 2.64 bits per heavy atom. The van der Waals surface area contributed by atoms with E-state index in [1.807, 2.05) is 12.1 Å². The fraction of sp³-hybridized carbons (Fsp3) is 0.0667. The topological polar surface area (TPSA) is 25.8 Å². The van der Waals surface area contributed by atoms with Crippen LogP contribution in [-0.2, 0) is 6.42 Å². The largest absolute Gasteiger partial charge is 0.255 e. The highest BCUT2D eigenvalue weighted by molar-refractivity contribution is 14.1. The average molecular weight is 477 g/mol. The molecule has 0 N–H and O–H groups in total. The van der Waals surface area contributed by atoms with Crippen LogP contribution in [-0.4, -0.2) is 9.97 Å². The van der Waals surface area contributed by atoms with Crippen molar-refractivity contribution in [3.05, 3.63) is 54.0 Å². The molecule has 0 atom stereocenters. The van der Waals surface area contributed by atoms with Crippen LogP contribution in [0.3, 0.4) is 0 Å². The fourth-order valence-corrected chi connectivity index (χ4v) is 5.65. The zero-order chi connectivity index (χ0) is 15.3. The summed E-state index contributed by atoms with van der Waals surface area (Å²) < 4.78 is 3.27. The van der Waals surface area contributed by atoms with Gasteiger partial charge < -0.3 is 0 Å². The molecule has 0 aliphatic rings. The Morgan fingerprint density at radius 1 is 1.00 bits per heavy atom. The van der Waals surface area contributed by atoms with Crippen LogP contribution in [0.2, 0.25) is 10.0 Å². The molecule has 110 valence electrons. The van der Waals surface area contributed by atoms with Crippen molar-refractivity contribution < 1.29 is 0 Å². The summed E-state index contributed by atoms with van der Waals surface area (Å²) in [6.45, 7) is 0. The lowest BCUT2D eigenvalue weighted by Gasteiger charge is -2.00. The van der Waals surface area contributed by atoms with E-state index < -0.39 is 0 Å². The van der Waals surface area contributed by atoms with E-state index in [4.69, 9.17) is 28.2 Å². The first kappa shape index (κ1) is 15.1. The van der Waals surface area contributed by atoms with E-state index in [-0.39, 0.29) is 0 Å². The lowest BCUT2D eigenvalue weighted by Crippen LogP contribution is -1.90. The molecular weight excluding hydrogens is 470 g/mol. The summed E-state index contributed by atoms with van der Waals surface area (Å²) >= 11 is 18.2. The molecule has 0 radical (unpaired) electrons. The van der Waals surface area contributed by atoms with Gasteiger partial charge in [0, 0.05) is 23.2 Å². The highest BCUT2D eigenvalue weighted by atomic mass is 127. The lowest BCUT2D eigenvalue weighted by atomic mass is 10.2. The van der Waals surface area contributed by atoms with Crippen molar-refractivity contribution in [1.29, 1.82) is 0 Å². The third kappa shape index (κ3) is 2.73. The minimum atomic E-state index is 0.736. The van der Waals surface area contributed by atoms with E-state index in [0.717, 1.165) is 42.6 Å². The molecule has 7 heteroatoms. The van der Waals surface area contributed by atoms with Gasteiger partial charge in [0.25, 0.3) is 0 Å². The van der Waals surface area contributed by atoms with Crippen LogP contribution in [0.5, 0.6) is 0 Å². The average Bonchev–Trinajstić information content (AvgIpc) is 3.02. The molecule has 0 aromatic carbocycles. The predicted octanol–water partition coefficient (Wildman–Crippen LogP) is 6.41. The van der Waals surface area contributed by atoms with Gasteiger partial charge in [0.05, 0.1) is 33.4 Å². The van der Waals surface area contributed by atoms with Crippen molar-refractivity contribution in [2.45, 2.75) is 6.42 Å². The first-order valence-corrected chi connectivity index (χ1v) is 9.84. The molecule has 4 heterocycles. The normalized spacial score (nSPS) is 11.6. The van der Waals surface area contributed by atoms with Gasteiger partial charge in [0.2, 0.25) is 0 Å². The minimum Gasteiger partial charge on any atom is -0.255 e. The summed E-state index contributed by atoms with van der Waals surface area (Å²) in [6, 6.07) is 7.91. The molecular formula is C15H7Cl2IN2S2. The maximum Gasteiger partial charge on any atom is 0.0839 e. The van der Waals surface area contributed by atoms with Gasteiger partial charge in [-0.05, 0) is 46.9 Å². The molecule has 0 aliphatic carbocycles. The Morgan fingerprint density at radius 2 is 1.82 bits per heavy atom. The minimum absolute atomic E-state index is 0.736.